The van der Waals surface area contributed by atoms with Crippen molar-refractivity contribution in [2.24, 2.45) is 0 Å². The summed E-state index contributed by atoms with van der Waals surface area (Å²) in [5, 5.41) is 12.2. The number of carbonyl (C=O) groups excluding carboxylic acids is 2. The Morgan fingerprint density at radius 1 is 0.919 bits per heavy atom. The van der Waals surface area contributed by atoms with Crippen molar-refractivity contribution < 1.29 is 9.59 Å². The van der Waals surface area contributed by atoms with Crippen molar-refractivity contribution in [3.8, 4) is 0 Å². The van der Waals surface area contributed by atoms with Gasteiger partial charge in [0.1, 0.15) is 5.78 Å². The van der Waals surface area contributed by atoms with E-state index in [0.29, 0.717) is 18.1 Å². The molecule has 4 aromatic rings. The summed E-state index contributed by atoms with van der Waals surface area (Å²) in [5.41, 5.74) is 4.99. The lowest BCUT2D eigenvalue weighted by atomic mass is 10.0. The number of nitrogens with one attached hydrogen (secondary N) is 3. The zero-order valence-corrected chi connectivity index (χ0v) is 21.4. The molecule has 3 heterocycles. The lowest BCUT2D eigenvalue weighted by Gasteiger charge is -2.16. The van der Waals surface area contributed by atoms with Crippen molar-refractivity contribution in [2.45, 2.75) is 49.4 Å². The Labute approximate surface area is 220 Å². The number of ketones is 1. The average Bonchev–Trinajstić information content (AvgIpc) is 3.46. The highest BCUT2D eigenvalue weighted by atomic mass is 32.2. The summed E-state index contributed by atoms with van der Waals surface area (Å²) in [6.07, 6.45) is 4.02. The third-order valence-corrected chi connectivity index (χ3v) is 8.85. The minimum atomic E-state index is -0.0424. The third kappa shape index (κ3) is 5.14. The fraction of sp³-hybridized carbons (Fsp3) is 0.300. The summed E-state index contributed by atoms with van der Waals surface area (Å²) in [6.45, 7) is 0. The standard InChI is InChI=1S/C30H30N4O2S/c35-21(7-1-6-12-27-29-26(18-37-27)33-30(36)34-29)17-19-13-15-20(16-14-19)31-28-22-8-2-4-10-24(22)32-25-11-5-3-9-23(25)28/h2-5,8-11,13-16,26-27,29H,1,6-7,12,17-18H2,(H,31,32)(H2,33,34,36). The number of amides is 2. The second kappa shape index (κ2) is 10.4. The molecule has 6 rings (SSSR count). The summed E-state index contributed by atoms with van der Waals surface area (Å²) in [4.78, 5) is 28.9. The second-order valence-electron chi connectivity index (χ2n) is 9.93. The smallest absolute Gasteiger partial charge is 0.315 e. The topological polar surface area (TPSA) is 83.1 Å². The summed E-state index contributed by atoms with van der Waals surface area (Å²) in [5.74, 6) is 1.26. The van der Waals surface area contributed by atoms with E-state index < -0.39 is 0 Å². The maximum atomic E-state index is 12.6. The molecule has 0 radical (unpaired) electrons. The Balaban J connectivity index is 1.04. The molecule has 7 heteroatoms. The number of aromatic nitrogens is 1. The van der Waals surface area contributed by atoms with Crippen molar-refractivity contribution >= 4 is 56.8 Å². The molecule has 2 aliphatic rings. The van der Waals surface area contributed by atoms with Crippen LogP contribution in [0.3, 0.4) is 0 Å². The van der Waals surface area contributed by atoms with E-state index in [0.717, 1.165) is 63.8 Å². The number of para-hydroxylation sites is 2. The van der Waals surface area contributed by atoms with Gasteiger partial charge in [-0.05, 0) is 42.7 Å². The zero-order valence-electron chi connectivity index (χ0n) is 20.6. The van der Waals surface area contributed by atoms with E-state index in [4.69, 9.17) is 4.98 Å². The van der Waals surface area contributed by atoms with Gasteiger partial charge in [0.25, 0.3) is 0 Å². The molecule has 0 aliphatic carbocycles. The molecule has 2 fully saturated rings. The van der Waals surface area contributed by atoms with Gasteiger partial charge in [-0.25, -0.2) is 9.78 Å². The van der Waals surface area contributed by atoms with E-state index in [1.54, 1.807) is 0 Å². The molecule has 3 N–H and O–H groups in total. The molecule has 0 saturated carbocycles. The Bertz CT molecular complexity index is 1400. The Kier molecular flexibility index (Phi) is 6.70. The first-order chi connectivity index (χ1) is 18.1. The summed E-state index contributed by atoms with van der Waals surface area (Å²) < 4.78 is 0. The Morgan fingerprint density at radius 3 is 2.35 bits per heavy atom. The van der Waals surface area contributed by atoms with Gasteiger partial charge in [-0.2, -0.15) is 11.8 Å². The number of rotatable bonds is 9. The lowest BCUT2D eigenvalue weighted by Crippen LogP contribution is -2.36. The number of hydrogen-bond acceptors (Lipinski definition) is 5. The highest BCUT2D eigenvalue weighted by Gasteiger charge is 2.42. The number of benzene rings is 3. The van der Waals surface area contributed by atoms with Crippen LogP contribution in [-0.2, 0) is 11.2 Å². The third-order valence-electron chi connectivity index (χ3n) is 7.34. The number of fused-ring (bicyclic) bond motifs is 3. The van der Waals surface area contributed by atoms with Crippen LogP contribution in [0.2, 0.25) is 0 Å². The van der Waals surface area contributed by atoms with Crippen molar-refractivity contribution in [3.63, 3.8) is 0 Å². The van der Waals surface area contributed by atoms with Crippen LogP contribution >= 0.6 is 11.8 Å². The summed E-state index contributed by atoms with van der Waals surface area (Å²) in [7, 11) is 0. The quantitative estimate of drug-likeness (QED) is 0.147. The number of unbranched alkanes of at least 4 members (excludes halogenated alkanes) is 1. The van der Waals surface area contributed by atoms with Crippen molar-refractivity contribution in [3.05, 3.63) is 78.4 Å². The number of pyridine rings is 1. The molecule has 188 valence electrons. The maximum Gasteiger partial charge on any atom is 0.315 e. The molecular weight excluding hydrogens is 480 g/mol. The molecule has 3 atom stereocenters. The molecule has 37 heavy (non-hydrogen) atoms. The van der Waals surface area contributed by atoms with Crippen LogP contribution in [0.4, 0.5) is 16.2 Å². The minimum Gasteiger partial charge on any atom is -0.354 e. The van der Waals surface area contributed by atoms with Crippen LogP contribution < -0.4 is 16.0 Å². The maximum absolute atomic E-state index is 12.6. The predicted molar refractivity (Wildman–Crippen MR) is 152 cm³/mol. The van der Waals surface area contributed by atoms with Crippen LogP contribution in [0, 0.1) is 0 Å². The second-order valence-corrected chi connectivity index (χ2v) is 11.2. The molecule has 3 aromatic carbocycles. The minimum absolute atomic E-state index is 0.0424. The van der Waals surface area contributed by atoms with Gasteiger partial charge in [0, 0.05) is 40.3 Å². The first-order valence-electron chi connectivity index (χ1n) is 13.0. The van der Waals surface area contributed by atoms with Crippen molar-refractivity contribution in [1.29, 1.82) is 0 Å². The zero-order chi connectivity index (χ0) is 25.2. The average molecular weight is 511 g/mol. The predicted octanol–water partition coefficient (Wildman–Crippen LogP) is 5.97. The largest absolute Gasteiger partial charge is 0.354 e. The van der Waals surface area contributed by atoms with Gasteiger partial charge >= 0.3 is 6.03 Å². The SMILES string of the molecule is O=C(CCCCC1SCC2NC(=O)NC21)Cc1ccc(Nc2c3ccccc3nc3ccccc23)cc1. The molecule has 0 bridgehead atoms. The highest BCUT2D eigenvalue weighted by Crippen LogP contribution is 2.34. The van der Waals surface area contributed by atoms with E-state index in [2.05, 4.69) is 28.1 Å². The van der Waals surface area contributed by atoms with Crippen LogP contribution in [-0.4, -0.2) is 39.9 Å². The van der Waals surface area contributed by atoms with Crippen molar-refractivity contribution in [1.82, 2.24) is 15.6 Å². The lowest BCUT2D eigenvalue weighted by molar-refractivity contribution is -0.118. The van der Waals surface area contributed by atoms with Gasteiger partial charge in [-0.3, -0.25) is 4.79 Å². The number of Topliss-reactive ketones (excluding diaryl/α,β-unsaturated/α-hetero) is 1. The fourth-order valence-corrected chi connectivity index (χ4v) is 7.00. The van der Waals surface area contributed by atoms with E-state index in [-0.39, 0.29) is 23.9 Å². The molecule has 2 amide bonds. The Hall–Kier alpha value is -3.58. The Morgan fingerprint density at radius 2 is 1.62 bits per heavy atom. The van der Waals surface area contributed by atoms with Crippen molar-refractivity contribution in [2.75, 3.05) is 11.1 Å². The molecule has 1 aromatic heterocycles. The van der Waals surface area contributed by atoms with Gasteiger partial charge in [-0.1, -0.05) is 55.0 Å². The molecule has 2 aliphatic heterocycles. The monoisotopic (exact) mass is 510 g/mol. The first-order valence-corrected chi connectivity index (χ1v) is 14.0. The molecule has 6 nitrogen and oxygen atoms in total. The van der Waals surface area contributed by atoms with Gasteiger partial charge in [-0.15, -0.1) is 0 Å². The summed E-state index contributed by atoms with van der Waals surface area (Å²) in [6, 6.07) is 25.0. The van der Waals surface area contributed by atoms with Crippen LogP contribution in [0.15, 0.2) is 72.8 Å². The molecular formula is C30H30N4O2S. The molecule has 2 saturated heterocycles. The number of anilines is 2. The summed E-state index contributed by atoms with van der Waals surface area (Å²) >= 11 is 1.93. The van der Waals surface area contributed by atoms with E-state index in [1.807, 2.05) is 72.4 Å². The van der Waals surface area contributed by atoms with Crippen LogP contribution in [0.5, 0.6) is 0 Å². The first kappa shape index (κ1) is 23.8. The van der Waals surface area contributed by atoms with Gasteiger partial charge in [0.2, 0.25) is 0 Å². The molecule has 0 spiro atoms. The van der Waals surface area contributed by atoms with E-state index in [9.17, 15) is 9.59 Å². The van der Waals surface area contributed by atoms with Crippen LogP contribution in [0.25, 0.3) is 21.8 Å². The van der Waals surface area contributed by atoms with E-state index in [1.165, 1.54) is 0 Å². The van der Waals surface area contributed by atoms with Gasteiger partial charge in [0.05, 0.1) is 28.8 Å². The highest BCUT2D eigenvalue weighted by molar-refractivity contribution is 8.00. The van der Waals surface area contributed by atoms with E-state index >= 15 is 0 Å². The molecule has 3 unspecified atom stereocenters. The number of nitrogens with zero attached hydrogens (tertiary/aromatic N) is 1. The van der Waals surface area contributed by atoms with Crippen LogP contribution in [0.1, 0.15) is 31.2 Å². The fourth-order valence-electron chi connectivity index (χ4n) is 5.45. The van der Waals surface area contributed by atoms with Gasteiger partial charge in [0.15, 0.2) is 0 Å². The van der Waals surface area contributed by atoms with Gasteiger partial charge < -0.3 is 16.0 Å². The number of urea groups is 1. The number of hydrogen-bond donors (Lipinski definition) is 3. The number of carbonyl (C=O) groups is 2. The normalized spacial score (nSPS) is 20.5. The number of thioether (sulfide) groups is 1.